The fraction of sp³-hybridized carbons (Fsp3) is 1.00. The van der Waals surface area contributed by atoms with Gasteiger partial charge in [-0.05, 0) is 0 Å². The third kappa shape index (κ3) is 21.8. The summed E-state index contributed by atoms with van der Waals surface area (Å²) in [5.41, 5.74) is 0. The van der Waals surface area contributed by atoms with Crippen LogP contribution in [0.4, 0.5) is 0 Å². The van der Waals surface area contributed by atoms with E-state index in [9.17, 15) is 0 Å². The van der Waals surface area contributed by atoms with Gasteiger partial charge in [0.05, 0.1) is 0 Å². The van der Waals surface area contributed by atoms with Crippen LogP contribution in [0.25, 0.3) is 0 Å². The van der Waals surface area contributed by atoms with Gasteiger partial charge in [0.2, 0.25) is 0 Å². The summed E-state index contributed by atoms with van der Waals surface area (Å²) in [6.07, 6.45) is 14.0. The van der Waals surface area contributed by atoms with Gasteiger partial charge in [-0.3, -0.25) is 0 Å². The summed E-state index contributed by atoms with van der Waals surface area (Å²) in [4.78, 5) is 0. The summed E-state index contributed by atoms with van der Waals surface area (Å²) in [5, 5.41) is 0. The number of unbranched alkanes of at least 4 members (excludes halogenated alkanes) is 5. The van der Waals surface area contributed by atoms with Crippen molar-refractivity contribution in [3.63, 3.8) is 0 Å². The summed E-state index contributed by atoms with van der Waals surface area (Å²) in [7, 11) is 6.89. The Morgan fingerprint density at radius 3 is 1.13 bits per heavy atom. The van der Waals surface area contributed by atoms with Gasteiger partial charge in [-0.25, -0.2) is 0 Å². The van der Waals surface area contributed by atoms with E-state index >= 15 is 0 Å². The Labute approximate surface area is 167 Å². The molecule has 0 aromatic heterocycles. The maximum atomic E-state index is 6.89. The number of hydrogen-bond donors (Lipinski definition) is 0. The molecule has 3 heteroatoms. The molecule has 0 amide bonds. The Kier molecular flexibility index (Phi) is 25.8. The zero-order chi connectivity index (χ0) is 17.8. The van der Waals surface area contributed by atoms with Crippen molar-refractivity contribution in [2.45, 2.75) is 121 Å². The Bertz CT molecular complexity index is 182. The third-order valence-electron chi connectivity index (χ3n) is 4.35. The van der Waals surface area contributed by atoms with Crippen LogP contribution in [-0.2, 0) is 0 Å². The first-order chi connectivity index (χ1) is 11.1. The SMILES string of the molecule is CCC[CH2][Sn]([Cl])([CH2]CCC)[CH2]CCC.CCC[CH2][Sn][CH2]CCC. The van der Waals surface area contributed by atoms with Crippen LogP contribution >= 0.6 is 8.92 Å². The normalized spacial score (nSPS) is 11.2. The molecule has 140 valence electrons. The van der Waals surface area contributed by atoms with Crippen molar-refractivity contribution in [2.75, 3.05) is 0 Å². The fourth-order valence-electron chi connectivity index (χ4n) is 2.58. The number of rotatable bonds is 15. The molecule has 0 N–H and O–H groups in total. The van der Waals surface area contributed by atoms with Crippen molar-refractivity contribution < 1.29 is 0 Å². The van der Waals surface area contributed by atoms with Crippen molar-refractivity contribution in [1.82, 2.24) is 0 Å². The molecule has 0 saturated heterocycles. The van der Waals surface area contributed by atoms with Crippen molar-refractivity contribution in [2.24, 2.45) is 0 Å². The van der Waals surface area contributed by atoms with Gasteiger partial charge >= 0.3 is 168 Å². The second-order valence-corrected chi connectivity index (χ2v) is 27.4. The first-order valence-corrected chi connectivity index (χ1v) is 24.2. The molecule has 0 heterocycles. The Hall–Kier alpha value is 1.89. The first kappa shape index (κ1) is 27.1. The molecule has 0 rings (SSSR count). The molecule has 23 heavy (non-hydrogen) atoms. The summed E-state index contributed by atoms with van der Waals surface area (Å²) < 4.78 is 7.52. The van der Waals surface area contributed by atoms with E-state index in [-0.39, 0.29) is 21.1 Å². The topological polar surface area (TPSA) is 0 Å². The molecule has 0 aliphatic rings. The monoisotopic (exact) mass is 560 g/mol. The van der Waals surface area contributed by atoms with Gasteiger partial charge in [0.1, 0.15) is 0 Å². The van der Waals surface area contributed by atoms with Gasteiger partial charge in [0.15, 0.2) is 0 Å². The first-order valence-electron chi connectivity index (χ1n) is 10.5. The molecule has 0 saturated carbocycles. The van der Waals surface area contributed by atoms with Crippen molar-refractivity contribution in [1.29, 1.82) is 0 Å². The molecule has 0 atom stereocenters. The van der Waals surface area contributed by atoms with Crippen LogP contribution in [0.5, 0.6) is 0 Å². The van der Waals surface area contributed by atoms with Gasteiger partial charge < -0.3 is 0 Å². The Balaban J connectivity index is 0. The van der Waals surface area contributed by atoms with Gasteiger partial charge in [-0.15, -0.1) is 0 Å². The zero-order valence-corrected chi connectivity index (χ0v) is 23.4. The zero-order valence-electron chi connectivity index (χ0n) is 17.0. The van der Waals surface area contributed by atoms with E-state index in [0.29, 0.717) is 0 Å². The molecular formula is C20H45ClSn2. The van der Waals surface area contributed by atoms with Gasteiger partial charge in [-0.2, -0.15) is 0 Å². The summed E-state index contributed by atoms with van der Waals surface area (Å²) >= 11 is -1.94. The Morgan fingerprint density at radius 2 is 0.870 bits per heavy atom. The molecule has 2 radical (unpaired) electrons. The van der Waals surface area contributed by atoms with Crippen LogP contribution in [0.2, 0.25) is 22.2 Å². The average Bonchev–Trinajstić information content (AvgIpc) is 2.57. The molecule has 0 aromatic carbocycles. The van der Waals surface area contributed by atoms with Crippen LogP contribution in [0, 0.1) is 0 Å². The molecule has 0 nitrogen and oxygen atoms in total. The molecule has 0 aliphatic carbocycles. The van der Waals surface area contributed by atoms with Crippen molar-refractivity contribution in [3.8, 4) is 0 Å². The predicted octanol–water partition coefficient (Wildman–Crippen LogP) is 8.70. The Morgan fingerprint density at radius 1 is 0.565 bits per heavy atom. The summed E-state index contributed by atoms with van der Waals surface area (Å²) in [6, 6.07) is 0. The molecular weight excluding hydrogens is 513 g/mol. The van der Waals surface area contributed by atoms with Crippen molar-refractivity contribution >= 4 is 47.3 Å². The van der Waals surface area contributed by atoms with E-state index in [1.807, 2.05) is 0 Å². The minimum atomic E-state index is -2.09. The fourth-order valence-corrected chi connectivity index (χ4v) is 20.0. The predicted molar refractivity (Wildman–Crippen MR) is 116 cm³/mol. The molecule has 0 aliphatic heterocycles. The van der Waals surface area contributed by atoms with Gasteiger partial charge in [0.25, 0.3) is 0 Å². The maximum absolute atomic E-state index is 6.89. The van der Waals surface area contributed by atoms with Crippen molar-refractivity contribution in [3.05, 3.63) is 0 Å². The molecule has 0 spiro atoms. The third-order valence-corrected chi connectivity index (χ3v) is 22.9. The van der Waals surface area contributed by atoms with E-state index in [2.05, 4.69) is 34.6 Å². The summed E-state index contributed by atoms with van der Waals surface area (Å²) in [6.45, 7) is 11.4. The summed E-state index contributed by atoms with van der Waals surface area (Å²) in [5.74, 6) is 0. The quantitative estimate of drug-likeness (QED) is 0.139. The molecule has 0 bridgehead atoms. The van der Waals surface area contributed by atoms with E-state index in [4.69, 9.17) is 8.92 Å². The number of hydrogen-bond acceptors (Lipinski definition) is 0. The standard InChI is InChI=1S/5C4H9.ClH.2Sn/c5*1-3-4-2;;;/h5*1,3-4H2,2H3;1H;;/q;;;;;;;+1/p-1. The second-order valence-electron chi connectivity index (χ2n) is 6.92. The van der Waals surface area contributed by atoms with Crippen LogP contribution in [-0.4, -0.2) is 38.4 Å². The minimum absolute atomic E-state index is 0.149. The number of halogens is 1. The second kappa shape index (κ2) is 21.9. The van der Waals surface area contributed by atoms with E-state index in [1.54, 1.807) is 8.87 Å². The average molecular weight is 558 g/mol. The van der Waals surface area contributed by atoms with E-state index in [1.165, 1.54) is 77.5 Å². The van der Waals surface area contributed by atoms with Gasteiger partial charge in [-0.1, -0.05) is 0 Å². The van der Waals surface area contributed by atoms with Gasteiger partial charge in [0, 0.05) is 0 Å². The van der Waals surface area contributed by atoms with E-state index in [0.717, 1.165) is 0 Å². The molecule has 0 fully saturated rings. The molecule has 0 unspecified atom stereocenters. The van der Waals surface area contributed by atoms with Crippen LogP contribution in [0.1, 0.15) is 98.8 Å². The van der Waals surface area contributed by atoms with Crippen LogP contribution in [0.3, 0.4) is 0 Å². The van der Waals surface area contributed by atoms with Crippen LogP contribution in [0.15, 0.2) is 0 Å². The van der Waals surface area contributed by atoms with E-state index < -0.39 is 17.3 Å². The molecule has 0 aromatic rings. The van der Waals surface area contributed by atoms with Crippen LogP contribution < -0.4 is 0 Å².